The number of amides is 1. The number of hydrogen-bond acceptors (Lipinski definition) is 3. The second-order valence-corrected chi connectivity index (χ2v) is 4.91. The lowest BCUT2D eigenvalue weighted by Gasteiger charge is -2.16. The van der Waals surface area contributed by atoms with Gasteiger partial charge in [0.2, 0.25) is 0 Å². The molecule has 5 heteroatoms. The fourth-order valence-corrected chi connectivity index (χ4v) is 2.44. The highest BCUT2D eigenvalue weighted by molar-refractivity contribution is 5.94. The van der Waals surface area contributed by atoms with E-state index in [0.717, 1.165) is 19.3 Å². The number of halogens is 1. The van der Waals surface area contributed by atoms with Crippen molar-refractivity contribution >= 4 is 5.91 Å². The van der Waals surface area contributed by atoms with Gasteiger partial charge in [-0.25, -0.2) is 4.39 Å². The van der Waals surface area contributed by atoms with E-state index in [1.807, 2.05) is 0 Å². The summed E-state index contributed by atoms with van der Waals surface area (Å²) in [6.45, 7) is 0.505. The highest BCUT2D eigenvalue weighted by Gasteiger charge is 2.24. The van der Waals surface area contributed by atoms with Crippen LogP contribution in [0.25, 0.3) is 0 Å². The number of carbonyl (C=O) groups is 1. The first-order valence-corrected chi connectivity index (χ1v) is 6.49. The lowest BCUT2D eigenvalue weighted by atomic mass is 10.0. The number of benzene rings is 1. The Morgan fingerprint density at radius 1 is 1.53 bits per heavy atom. The van der Waals surface area contributed by atoms with Gasteiger partial charge in [0.05, 0.1) is 12.7 Å². The van der Waals surface area contributed by atoms with Crippen LogP contribution in [0, 0.1) is 11.7 Å². The highest BCUT2D eigenvalue weighted by Crippen LogP contribution is 2.23. The average molecular weight is 266 g/mol. The second kappa shape index (κ2) is 6.02. The maximum absolute atomic E-state index is 13.7. The topological polar surface area (TPSA) is 64.3 Å². The third kappa shape index (κ3) is 3.23. The molecule has 0 aliphatic heterocycles. The van der Waals surface area contributed by atoms with E-state index in [4.69, 9.17) is 10.5 Å². The quantitative estimate of drug-likeness (QED) is 0.871. The summed E-state index contributed by atoms with van der Waals surface area (Å²) < 4.78 is 18.6. The minimum absolute atomic E-state index is 0.0346. The molecule has 0 heterocycles. The minimum atomic E-state index is -0.576. The molecule has 0 saturated heterocycles. The Morgan fingerprint density at radius 2 is 2.32 bits per heavy atom. The monoisotopic (exact) mass is 266 g/mol. The van der Waals surface area contributed by atoms with Crippen molar-refractivity contribution in [3.05, 3.63) is 29.6 Å². The van der Waals surface area contributed by atoms with Gasteiger partial charge in [0.15, 0.2) is 0 Å². The molecule has 1 saturated carbocycles. The first-order valence-electron chi connectivity index (χ1n) is 6.49. The highest BCUT2D eigenvalue weighted by atomic mass is 19.1. The molecular weight excluding hydrogens is 247 g/mol. The molecule has 0 spiro atoms. The zero-order valence-corrected chi connectivity index (χ0v) is 11.0. The lowest BCUT2D eigenvalue weighted by Crippen LogP contribution is -2.36. The van der Waals surface area contributed by atoms with E-state index in [1.54, 1.807) is 6.07 Å². The van der Waals surface area contributed by atoms with Gasteiger partial charge in [-0.2, -0.15) is 0 Å². The summed E-state index contributed by atoms with van der Waals surface area (Å²) in [6.07, 6.45) is 3.11. The maximum atomic E-state index is 13.7. The molecule has 2 rings (SSSR count). The van der Waals surface area contributed by atoms with Gasteiger partial charge in [-0.1, -0.05) is 6.42 Å². The normalized spacial score (nSPS) is 22.3. The van der Waals surface area contributed by atoms with E-state index < -0.39 is 11.7 Å². The zero-order valence-electron chi connectivity index (χ0n) is 11.0. The molecule has 1 amide bonds. The molecule has 104 valence electrons. The van der Waals surface area contributed by atoms with Gasteiger partial charge in [-0.15, -0.1) is 0 Å². The number of methoxy groups -OCH3 is 1. The summed E-state index contributed by atoms with van der Waals surface area (Å²) in [5.74, 6) is -0.288. The van der Waals surface area contributed by atoms with Crippen molar-refractivity contribution in [2.75, 3.05) is 13.7 Å². The fraction of sp³-hybridized carbons (Fsp3) is 0.500. The zero-order chi connectivity index (χ0) is 13.8. The third-order valence-corrected chi connectivity index (χ3v) is 3.66. The molecule has 1 aromatic carbocycles. The molecule has 1 fully saturated rings. The van der Waals surface area contributed by atoms with Gasteiger partial charge >= 0.3 is 0 Å². The Balaban J connectivity index is 1.96. The van der Waals surface area contributed by atoms with E-state index in [9.17, 15) is 9.18 Å². The van der Waals surface area contributed by atoms with E-state index >= 15 is 0 Å². The summed E-state index contributed by atoms with van der Waals surface area (Å²) in [7, 11) is 1.45. The maximum Gasteiger partial charge on any atom is 0.254 e. The van der Waals surface area contributed by atoms with Gasteiger partial charge in [-0.05, 0) is 30.9 Å². The predicted octanol–water partition coefficient (Wildman–Crippen LogP) is 1.69. The number of nitrogens with one attached hydrogen (secondary N) is 1. The van der Waals surface area contributed by atoms with Crippen LogP contribution in [-0.2, 0) is 0 Å². The van der Waals surface area contributed by atoms with Crippen molar-refractivity contribution in [1.82, 2.24) is 5.32 Å². The molecule has 1 aliphatic carbocycles. The molecule has 0 bridgehead atoms. The van der Waals surface area contributed by atoms with Crippen LogP contribution >= 0.6 is 0 Å². The van der Waals surface area contributed by atoms with Crippen molar-refractivity contribution in [3.63, 3.8) is 0 Å². The van der Waals surface area contributed by atoms with Crippen LogP contribution in [0.2, 0.25) is 0 Å². The average Bonchev–Trinajstić information content (AvgIpc) is 2.81. The SMILES string of the molecule is COc1ccc(C(=O)NCC2CCCC2N)c(F)c1. The van der Waals surface area contributed by atoms with E-state index in [-0.39, 0.29) is 11.6 Å². The van der Waals surface area contributed by atoms with Gasteiger partial charge in [-0.3, -0.25) is 4.79 Å². The van der Waals surface area contributed by atoms with Crippen molar-refractivity contribution in [2.24, 2.45) is 11.7 Å². The van der Waals surface area contributed by atoms with Crippen LogP contribution in [0.4, 0.5) is 4.39 Å². The summed E-state index contributed by atoms with van der Waals surface area (Å²) in [4.78, 5) is 11.9. The molecule has 19 heavy (non-hydrogen) atoms. The number of nitrogens with two attached hydrogens (primary N) is 1. The van der Waals surface area contributed by atoms with Gasteiger partial charge < -0.3 is 15.8 Å². The van der Waals surface area contributed by atoms with Gasteiger partial charge in [0, 0.05) is 18.7 Å². The largest absolute Gasteiger partial charge is 0.497 e. The van der Waals surface area contributed by atoms with Gasteiger partial charge in [0.1, 0.15) is 11.6 Å². The molecule has 1 aliphatic rings. The molecule has 0 radical (unpaired) electrons. The summed E-state index contributed by atoms with van der Waals surface area (Å²) >= 11 is 0. The Bertz CT molecular complexity index is 465. The summed E-state index contributed by atoms with van der Waals surface area (Å²) in [6, 6.07) is 4.34. The number of carbonyl (C=O) groups excluding carboxylic acids is 1. The number of rotatable bonds is 4. The van der Waals surface area contributed by atoms with E-state index in [0.29, 0.717) is 18.2 Å². The standard InChI is InChI=1S/C14H19FN2O2/c1-19-10-5-6-11(12(15)7-10)14(18)17-8-9-3-2-4-13(9)16/h5-7,9,13H,2-4,8,16H2,1H3,(H,17,18). The van der Waals surface area contributed by atoms with E-state index in [1.165, 1.54) is 19.2 Å². The Labute approximate surface area is 112 Å². The van der Waals surface area contributed by atoms with Crippen molar-refractivity contribution in [2.45, 2.75) is 25.3 Å². The van der Waals surface area contributed by atoms with Crippen molar-refractivity contribution in [1.29, 1.82) is 0 Å². The number of hydrogen-bond donors (Lipinski definition) is 2. The summed E-state index contributed by atoms with van der Waals surface area (Å²) in [5.41, 5.74) is 5.96. The van der Waals surface area contributed by atoms with Crippen LogP contribution < -0.4 is 15.8 Å². The van der Waals surface area contributed by atoms with E-state index in [2.05, 4.69) is 5.32 Å². The first kappa shape index (κ1) is 13.8. The smallest absolute Gasteiger partial charge is 0.254 e. The van der Waals surface area contributed by atoms with Crippen LogP contribution in [0.15, 0.2) is 18.2 Å². The molecule has 0 aromatic heterocycles. The Hall–Kier alpha value is -1.62. The molecule has 2 atom stereocenters. The lowest BCUT2D eigenvalue weighted by molar-refractivity contribution is 0.0942. The molecule has 3 N–H and O–H groups in total. The first-order chi connectivity index (χ1) is 9.11. The number of ether oxygens (including phenoxy) is 1. The van der Waals surface area contributed by atoms with Crippen molar-refractivity contribution in [3.8, 4) is 5.75 Å². The van der Waals surface area contributed by atoms with Crippen LogP contribution in [0.5, 0.6) is 5.75 Å². The fourth-order valence-electron chi connectivity index (χ4n) is 2.44. The Kier molecular flexibility index (Phi) is 4.37. The second-order valence-electron chi connectivity index (χ2n) is 4.91. The van der Waals surface area contributed by atoms with Gasteiger partial charge in [0.25, 0.3) is 5.91 Å². The Morgan fingerprint density at radius 3 is 2.89 bits per heavy atom. The van der Waals surface area contributed by atoms with Crippen LogP contribution in [0.1, 0.15) is 29.6 Å². The molecule has 4 nitrogen and oxygen atoms in total. The molecular formula is C14H19FN2O2. The predicted molar refractivity (Wildman–Crippen MR) is 70.6 cm³/mol. The third-order valence-electron chi connectivity index (χ3n) is 3.66. The molecule has 2 unspecified atom stereocenters. The van der Waals surface area contributed by atoms with Crippen LogP contribution in [0.3, 0.4) is 0 Å². The van der Waals surface area contributed by atoms with Crippen LogP contribution in [-0.4, -0.2) is 25.6 Å². The summed E-state index contributed by atoms with van der Waals surface area (Å²) in [5, 5.41) is 2.75. The molecule has 1 aromatic rings. The minimum Gasteiger partial charge on any atom is -0.497 e. The van der Waals surface area contributed by atoms with Crippen molar-refractivity contribution < 1.29 is 13.9 Å².